The summed E-state index contributed by atoms with van der Waals surface area (Å²) in [4.78, 5) is 27.8. The van der Waals surface area contributed by atoms with Crippen LogP contribution >= 0.6 is 0 Å². The van der Waals surface area contributed by atoms with Crippen molar-refractivity contribution in [2.75, 3.05) is 28.3 Å². The summed E-state index contributed by atoms with van der Waals surface area (Å²) in [7, 11) is 6.17. The molecule has 0 aliphatic heterocycles. The Morgan fingerprint density at radius 3 is 2.45 bits per heavy atom. The van der Waals surface area contributed by atoms with Crippen molar-refractivity contribution >= 4 is 11.9 Å². The van der Waals surface area contributed by atoms with Crippen LogP contribution in [0.15, 0.2) is 28.7 Å². The highest BCUT2D eigenvalue weighted by Crippen LogP contribution is 2.20. The Balaban J connectivity index is 2.01. The number of hydrogen-bond donors (Lipinski definition) is 0. The number of methoxy groups -OCH3 is 2. The fourth-order valence-electron chi connectivity index (χ4n) is 2.98. The number of aryl methyl sites for hydroxylation is 1. The molecule has 2 rings (SSSR count). The molecule has 1 atom stereocenters. The molecule has 1 amide bonds. The number of amides is 1. The van der Waals surface area contributed by atoms with Crippen LogP contribution in [0.4, 0.5) is 4.39 Å². The van der Waals surface area contributed by atoms with E-state index in [9.17, 15) is 14.0 Å². The van der Waals surface area contributed by atoms with E-state index in [-0.39, 0.29) is 18.2 Å². The van der Waals surface area contributed by atoms with Crippen LogP contribution in [-0.4, -0.2) is 56.0 Å². The SMILES string of the molecule is COC(=O)c1cc(CN(C)C(C)C(=O)N(C)Cc2ccc(OC)c(F)c2)oc1C. The number of carbonyl (C=O) groups excluding carboxylic acids is 2. The van der Waals surface area contributed by atoms with Crippen LogP contribution in [-0.2, 0) is 22.6 Å². The number of rotatable bonds is 8. The lowest BCUT2D eigenvalue weighted by Crippen LogP contribution is -2.43. The van der Waals surface area contributed by atoms with Crippen LogP contribution in [0.2, 0.25) is 0 Å². The number of benzene rings is 1. The third-order valence-electron chi connectivity index (χ3n) is 4.81. The molecule has 0 radical (unpaired) electrons. The molecule has 0 aliphatic carbocycles. The molecule has 0 aliphatic rings. The van der Waals surface area contributed by atoms with Gasteiger partial charge in [-0.1, -0.05) is 6.07 Å². The number of ether oxygens (including phenoxy) is 2. The Hall–Kier alpha value is -2.87. The second-order valence-electron chi connectivity index (χ2n) is 6.93. The lowest BCUT2D eigenvalue weighted by atomic mass is 10.1. The van der Waals surface area contributed by atoms with Crippen LogP contribution in [0, 0.1) is 12.7 Å². The molecule has 7 nitrogen and oxygen atoms in total. The van der Waals surface area contributed by atoms with Gasteiger partial charge in [0.25, 0.3) is 0 Å². The zero-order valence-electron chi connectivity index (χ0n) is 17.6. The van der Waals surface area contributed by atoms with E-state index in [1.54, 1.807) is 40.1 Å². The van der Waals surface area contributed by atoms with Crippen LogP contribution in [0.25, 0.3) is 0 Å². The van der Waals surface area contributed by atoms with E-state index in [2.05, 4.69) is 0 Å². The third-order valence-corrected chi connectivity index (χ3v) is 4.81. The van der Waals surface area contributed by atoms with Gasteiger partial charge in [0.2, 0.25) is 5.91 Å². The summed E-state index contributed by atoms with van der Waals surface area (Å²) in [5, 5.41) is 0. The van der Waals surface area contributed by atoms with Crippen molar-refractivity contribution in [3.8, 4) is 5.75 Å². The van der Waals surface area contributed by atoms with Gasteiger partial charge >= 0.3 is 5.97 Å². The van der Waals surface area contributed by atoms with Gasteiger partial charge < -0.3 is 18.8 Å². The molecule has 0 fully saturated rings. The van der Waals surface area contributed by atoms with Gasteiger partial charge in [0.1, 0.15) is 17.1 Å². The third kappa shape index (κ3) is 5.35. The van der Waals surface area contributed by atoms with E-state index in [4.69, 9.17) is 13.9 Å². The second-order valence-corrected chi connectivity index (χ2v) is 6.93. The normalized spacial score (nSPS) is 12.0. The van der Waals surface area contributed by atoms with Gasteiger partial charge in [-0.2, -0.15) is 0 Å². The monoisotopic (exact) mass is 406 g/mol. The van der Waals surface area contributed by atoms with E-state index in [0.717, 1.165) is 0 Å². The van der Waals surface area contributed by atoms with Gasteiger partial charge in [0.15, 0.2) is 11.6 Å². The summed E-state index contributed by atoms with van der Waals surface area (Å²) >= 11 is 0. The summed E-state index contributed by atoms with van der Waals surface area (Å²) in [6, 6.07) is 5.79. The van der Waals surface area contributed by atoms with Crippen molar-refractivity contribution in [1.29, 1.82) is 0 Å². The molecule has 0 spiro atoms. The maximum absolute atomic E-state index is 13.9. The molecule has 29 heavy (non-hydrogen) atoms. The minimum atomic E-state index is -0.467. The molecule has 1 aromatic carbocycles. The highest BCUT2D eigenvalue weighted by Gasteiger charge is 2.24. The molecule has 1 unspecified atom stereocenters. The highest BCUT2D eigenvalue weighted by atomic mass is 19.1. The minimum absolute atomic E-state index is 0.125. The first-order chi connectivity index (χ1) is 13.7. The molecule has 158 valence electrons. The van der Waals surface area contributed by atoms with Crippen molar-refractivity contribution in [2.45, 2.75) is 33.0 Å². The van der Waals surface area contributed by atoms with Crippen molar-refractivity contribution in [1.82, 2.24) is 9.80 Å². The highest BCUT2D eigenvalue weighted by molar-refractivity contribution is 5.90. The Labute approximate surface area is 170 Å². The van der Waals surface area contributed by atoms with Crippen LogP contribution in [0.1, 0.15) is 34.4 Å². The average molecular weight is 406 g/mol. The summed E-state index contributed by atoms with van der Waals surface area (Å²) in [5.41, 5.74) is 1.03. The first kappa shape index (κ1) is 22.4. The van der Waals surface area contributed by atoms with E-state index in [1.165, 1.54) is 31.3 Å². The number of esters is 1. The quantitative estimate of drug-likeness (QED) is 0.628. The fourth-order valence-corrected chi connectivity index (χ4v) is 2.98. The first-order valence-corrected chi connectivity index (χ1v) is 9.13. The van der Waals surface area contributed by atoms with Gasteiger partial charge in [-0.25, -0.2) is 9.18 Å². The minimum Gasteiger partial charge on any atom is -0.494 e. The topological polar surface area (TPSA) is 72.2 Å². The summed E-state index contributed by atoms with van der Waals surface area (Å²) in [5.74, 6) is 0.139. The van der Waals surface area contributed by atoms with E-state index >= 15 is 0 Å². The zero-order chi connectivity index (χ0) is 21.7. The first-order valence-electron chi connectivity index (χ1n) is 9.13. The second kappa shape index (κ2) is 9.56. The van der Waals surface area contributed by atoms with Crippen molar-refractivity contribution < 1.29 is 27.9 Å². The summed E-state index contributed by atoms with van der Waals surface area (Å²) < 4.78 is 29.1. The molecular formula is C21H27FN2O5. The number of likely N-dealkylation sites (N-methyl/N-ethyl adjacent to an activating group) is 2. The van der Waals surface area contributed by atoms with Crippen LogP contribution in [0.3, 0.4) is 0 Å². The molecule has 1 heterocycles. The predicted octanol–water partition coefficient (Wildman–Crippen LogP) is 3.00. The van der Waals surface area contributed by atoms with Crippen LogP contribution in [0.5, 0.6) is 5.75 Å². The standard InChI is InChI=1S/C21H27FN2O5/c1-13(23(3)12-16-10-17(14(2)29-16)21(26)28-6)20(25)24(4)11-15-7-8-19(27-5)18(22)9-15/h7-10,13H,11-12H2,1-6H3. The molecule has 2 aromatic rings. The molecule has 1 aromatic heterocycles. The fraction of sp³-hybridized carbons (Fsp3) is 0.429. The van der Waals surface area contributed by atoms with Gasteiger partial charge in [-0.3, -0.25) is 9.69 Å². The molecule has 0 bridgehead atoms. The van der Waals surface area contributed by atoms with Gasteiger partial charge in [-0.05, 0) is 44.7 Å². The Morgan fingerprint density at radius 2 is 1.86 bits per heavy atom. The van der Waals surface area contributed by atoms with Gasteiger partial charge in [0.05, 0.1) is 26.8 Å². The smallest absolute Gasteiger partial charge is 0.341 e. The van der Waals surface area contributed by atoms with Crippen molar-refractivity contribution in [2.24, 2.45) is 0 Å². The number of hydrogen-bond acceptors (Lipinski definition) is 6. The molecule has 8 heteroatoms. The number of halogens is 1. The number of carbonyl (C=O) groups is 2. The average Bonchev–Trinajstić information content (AvgIpc) is 3.06. The van der Waals surface area contributed by atoms with Crippen molar-refractivity contribution in [3.63, 3.8) is 0 Å². The van der Waals surface area contributed by atoms with E-state index in [1.807, 2.05) is 4.90 Å². The molecule has 0 saturated carbocycles. The molecule has 0 saturated heterocycles. The van der Waals surface area contributed by atoms with Gasteiger partial charge in [0, 0.05) is 13.6 Å². The number of nitrogens with zero attached hydrogens (tertiary/aromatic N) is 2. The summed E-state index contributed by atoms with van der Waals surface area (Å²) in [6.45, 7) is 4.08. The number of furan rings is 1. The lowest BCUT2D eigenvalue weighted by molar-refractivity contribution is -0.135. The van der Waals surface area contributed by atoms with E-state index in [0.29, 0.717) is 29.2 Å². The Kier molecular flexibility index (Phi) is 7.39. The predicted molar refractivity (Wildman–Crippen MR) is 105 cm³/mol. The summed E-state index contributed by atoms with van der Waals surface area (Å²) in [6.07, 6.45) is 0. The molecule has 0 N–H and O–H groups in total. The maximum Gasteiger partial charge on any atom is 0.341 e. The Bertz CT molecular complexity index is 880. The largest absolute Gasteiger partial charge is 0.494 e. The Morgan fingerprint density at radius 1 is 1.17 bits per heavy atom. The molecular weight excluding hydrogens is 379 g/mol. The maximum atomic E-state index is 13.9. The van der Waals surface area contributed by atoms with E-state index < -0.39 is 17.8 Å². The lowest BCUT2D eigenvalue weighted by Gasteiger charge is -2.27. The van der Waals surface area contributed by atoms with Crippen molar-refractivity contribution in [3.05, 3.63) is 52.7 Å². The van der Waals surface area contributed by atoms with Crippen LogP contribution < -0.4 is 4.74 Å². The van der Waals surface area contributed by atoms with Gasteiger partial charge in [-0.15, -0.1) is 0 Å². The zero-order valence-corrected chi connectivity index (χ0v) is 17.6.